The van der Waals surface area contributed by atoms with Crippen molar-refractivity contribution < 1.29 is 18.7 Å². The molecule has 0 amide bonds. The monoisotopic (exact) mass is 308 g/mol. The van der Waals surface area contributed by atoms with Gasteiger partial charge in [0.1, 0.15) is 17.1 Å². The van der Waals surface area contributed by atoms with Gasteiger partial charge in [-0.3, -0.25) is 4.79 Å². The third-order valence-corrected chi connectivity index (χ3v) is 3.52. The summed E-state index contributed by atoms with van der Waals surface area (Å²) in [6, 6.07) is 14.7. The smallest absolute Gasteiger partial charge is 0.221 e. The fourth-order valence-corrected chi connectivity index (χ4v) is 2.31. The van der Waals surface area contributed by atoms with Crippen molar-refractivity contribution in [2.45, 2.75) is 0 Å². The summed E-state index contributed by atoms with van der Waals surface area (Å²) in [5, 5.41) is 0.909. The highest BCUT2D eigenvalue weighted by atomic mass is 16.5. The highest BCUT2D eigenvalue weighted by Gasteiger charge is 2.09. The summed E-state index contributed by atoms with van der Waals surface area (Å²) >= 11 is 0. The maximum absolute atomic E-state index is 12.3. The minimum Gasteiger partial charge on any atom is -0.497 e. The predicted octanol–water partition coefficient (Wildman–Crippen LogP) is 4.35. The van der Waals surface area contributed by atoms with Crippen molar-refractivity contribution in [2.75, 3.05) is 14.2 Å². The Hall–Kier alpha value is -3.01. The van der Waals surface area contributed by atoms with Gasteiger partial charge in [-0.1, -0.05) is 18.2 Å². The van der Waals surface area contributed by atoms with Gasteiger partial charge in [-0.15, -0.1) is 0 Å². The molecule has 0 atom stereocenters. The Kier molecular flexibility index (Phi) is 4.15. The average molecular weight is 308 g/mol. The molecule has 0 fully saturated rings. The third-order valence-electron chi connectivity index (χ3n) is 3.52. The van der Waals surface area contributed by atoms with Crippen LogP contribution in [-0.2, 0) is 0 Å². The van der Waals surface area contributed by atoms with Gasteiger partial charge in [0.05, 0.1) is 14.2 Å². The Morgan fingerprint density at radius 2 is 1.87 bits per heavy atom. The maximum Gasteiger partial charge on any atom is 0.221 e. The van der Waals surface area contributed by atoms with E-state index in [1.54, 1.807) is 32.4 Å². The van der Waals surface area contributed by atoms with Gasteiger partial charge in [-0.05, 0) is 36.4 Å². The third kappa shape index (κ3) is 3.11. The van der Waals surface area contributed by atoms with Crippen molar-refractivity contribution in [3.8, 4) is 11.5 Å². The summed E-state index contributed by atoms with van der Waals surface area (Å²) in [7, 11) is 3.17. The predicted molar refractivity (Wildman–Crippen MR) is 89.1 cm³/mol. The van der Waals surface area contributed by atoms with E-state index in [9.17, 15) is 4.79 Å². The van der Waals surface area contributed by atoms with Gasteiger partial charge < -0.3 is 13.9 Å². The van der Waals surface area contributed by atoms with Crippen molar-refractivity contribution in [2.24, 2.45) is 0 Å². The van der Waals surface area contributed by atoms with Crippen LogP contribution >= 0.6 is 0 Å². The highest BCUT2D eigenvalue weighted by Crippen LogP contribution is 2.26. The number of carbonyl (C=O) groups is 1. The molecule has 0 saturated heterocycles. The number of furan rings is 1. The largest absolute Gasteiger partial charge is 0.497 e. The molecule has 0 aliphatic heterocycles. The quantitative estimate of drug-likeness (QED) is 0.519. The molecule has 0 aliphatic carbocycles. The van der Waals surface area contributed by atoms with Crippen molar-refractivity contribution in [3.05, 3.63) is 65.9 Å². The number of para-hydroxylation sites is 1. The van der Waals surface area contributed by atoms with Crippen LogP contribution in [0.4, 0.5) is 0 Å². The SMILES string of the molecule is COc1ccc(C=CC(=O)c2cc3ccccc3o2)c(OC)c1. The van der Waals surface area contributed by atoms with E-state index in [0.717, 1.165) is 10.9 Å². The van der Waals surface area contributed by atoms with Crippen LogP contribution in [0, 0.1) is 0 Å². The van der Waals surface area contributed by atoms with E-state index in [4.69, 9.17) is 13.9 Å². The van der Waals surface area contributed by atoms with E-state index >= 15 is 0 Å². The van der Waals surface area contributed by atoms with Gasteiger partial charge >= 0.3 is 0 Å². The average Bonchev–Trinajstić information content (AvgIpc) is 3.03. The molecule has 116 valence electrons. The highest BCUT2D eigenvalue weighted by molar-refractivity contribution is 6.07. The molecule has 3 aromatic rings. The molecule has 4 nitrogen and oxygen atoms in total. The second-order valence-corrected chi connectivity index (χ2v) is 4.95. The second-order valence-electron chi connectivity index (χ2n) is 4.95. The Bertz CT molecular complexity index is 841. The van der Waals surface area contributed by atoms with E-state index in [2.05, 4.69) is 0 Å². The number of allylic oxidation sites excluding steroid dienone is 1. The summed E-state index contributed by atoms with van der Waals surface area (Å²) < 4.78 is 16.0. The molecule has 1 aromatic heterocycles. The molecule has 0 radical (unpaired) electrons. The number of fused-ring (bicyclic) bond motifs is 1. The van der Waals surface area contributed by atoms with Gasteiger partial charge in [-0.2, -0.15) is 0 Å². The van der Waals surface area contributed by atoms with Gasteiger partial charge in [0, 0.05) is 17.0 Å². The lowest BCUT2D eigenvalue weighted by Crippen LogP contribution is -1.92. The maximum atomic E-state index is 12.3. The van der Waals surface area contributed by atoms with Crippen LogP contribution in [0.3, 0.4) is 0 Å². The molecular formula is C19H16O4. The minimum atomic E-state index is -0.195. The molecule has 0 spiro atoms. The van der Waals surface area contributed by atoms with E-state index in [-0.39, 0.29) is 5.78 Å². The summed E-state index contributed by atoms with van der Waals surface area (Å²) in [6.45, 7) is 0. The first-order valence-electron chi connectivity index (χ1n) is 7.14. The van der Waals surface area contributed by atoms with Gasteiger partial charge in [0.15, 0.2) is 5.76 Å². The normalized spacial score (nSPS) is 11.0. The van der Waals surface area contributed by atoms with E-state index in [1.807, 2.05) is 36.4 Å². The van der Waals surface area contributed by atoms with Crippen LogP contribution in [0.15, 0.2) is 59.0 Å². The number of hydrogen-bond acceptors (Lipinski definition) is 4. The zero-order chi connectivity index (χ0) is 16.2. The van der Waals surface area contributed by atoms with Crippen molar-refractivity contribution in [3.63, 3.8) is 0 Å². The van der Waals surface area contributed by atoms with Crippen LogP contribution in [0.25, 0.3) is 17.0 Å². The van der Waals surface area contributed by atoms with Gasteiger partial charge in [-0.25, -0.2) is 0 Å². The van der Waals surface area contributed by atoms with E-state index < -0.39 is 0 Å². The Morgan fingerprint density at radius 1 is 1.04 bits per heavy atom. The minimum absolute atomic E-state index is 0.195. The topological polar surface area (TPSA) is 48.7 Å². The van der Waals surface area contributed by atoms with Crippen molar-refractivity contribution in [1.29, 1.82) is 0 Å². The fraction of sp³-hybridized carbons (Fsp3) is 0.105. The molecule has 4 heteroatoms. The molecule has 0 N–H and O–H groups in total. The lowest BCUT2D eigenvalue weighted by Gasteiger charge is -2.06. The fourth-order valence-electron chi connectivity index (χ4n) is 2.31. The number of benzene rings is 2. The standard InChI is InChI=1S/C19H16O4/c1-21-15-9-7-13(18(12-15)22-2)8-10-16(20)19-11-14-5-3-4-6-17(14)23-19/h3-12H,1-2H3. The van der Waals surface area contributed by atoms with Gasteiger partial charge in [0.2, 0.25) is 5.78 Å². The van der Waals surface area contributed by atoms with E-state index in [0.29, 0.717) is 22.8 Å². The second kappa shape index (κ2) is 6.40. The van der Waals surface area contributed by atoms with Crippen LogP contribution in [0.1, 0.15) is 16.1 Å². The van der Waals surface area contributed by atoms with Crippen molar-refractivity contribution >= 4 is 22.8 Å². The van der Waals surface area contributed by atoms with Crippen LogP contribution < -0.4 is 9.47 Å². The Labute approximate surface area is 133 Å². The summed E-state index contributed by atoms with van der Waals surface area (Å²) in [4.78, 5) is 12.3. The van der Waals surface area contributed by atoms with Crippen LogP contribution in [0.5, 0.6) is 11.5 Å². The van der Waals surface area contributed by atoms with Crippen LogP contribution in [-0.4, -0.2) is 20.0 Å². The number of ether oxygens (including phenoxy) is 2. The zero-order valence-corrected chi connectivity index (χ0v) is 12.9. The van der Waals surface area contributed by atoms with Gasteiger partial charge in [0.25, 0.3) is 0 Å². The lowest BCUT2D eigenvalue weighted by molar-refractivity contribution is 0.102. The summed E-state index contributed by atoms with van der Waals surface area (Å²) in [5.74, 6) is 1.45. The number of ketones is 1. The zero-order valence-electron chi connectivity index (χ0n) is 12.9. The Balaban J connectivity index is 1.85. The molecule has 23 heavy (non-hydrogen) atoms. The van der Waals surface area contributed by atoms with Crippen molar-refractivity contribution in [1.82, 2.24) is 0 Å². The molecule has 0 saturated carbocycles. The summed E-state index contributed by atoms with van der Waals surface area (Å²) in [6.07, 6.45) is 3.18. The molecule has 0 bridgehead atoms. The molecule has 3 rings (SSSR count). The van der Waals surface area contributed by atoms with Crippen LogP contribution in [0.2, 0.25) is 0 Å². The molecule has 0 aliphatic rings. The number of hydrogen-bond donors (Lipinski definition) is 0. The molecular weight excluding hydrogens is 292 g/mol. The molecule has 1 heterocycles. The number of methoxy groups -OCH3 is 2. The first kappa shape index (κ1) is 14.9. The van der Waals surface area contributed by atoms with E-state index in [1.165, 1.54) is 6.08 Å². The number of carbonyl (C=O) groups excluding carboxylic acids is 1. The molecule has 0 unspecified atom stereocenters. The first-order valence-corrected chi connectivity index (χ1v) is 7.14. The Morgan fingerprint density at radius 3 is 2.61 bits per heavy atom. The summed E-state index contributed by atoms with van der Waals surface area (Å²) in [5.41, 5.74) is 1.49. The first-order chi connectivity index (χ1) is 11.2. The lowest BCUT2D eigenvalue weighted by atomic mass is 10.1. The number of rotatable bonds is 5. The molecule has 2 aromatic carbocycles.